The number of nitrogens with zero attached hydrogens (tertiary/aromatic N) is 1. The average Bonchev–Trinajstić information content (AvgIpc) is 2.64. The smallest absolute Gasteiger partial charge is 0.187 e. The highest BCUT2D eigenvalue weighted by Crippen LogP contribution is 2.26. The van der Waals surface area contributed by atoms with Crippen LogP contribution < -0.4 is 9.47 Å². The van der Waals surface area contributed by atoms with Crippen LogP contribution in [-0.2, 0) is 6.61 Å². The number of hydrogen-bond acceptors (Lipinski definition) is 2. The highest BCUT2D eigenvalue weighted by Gasteiger charge is 2.05. The summed E-state index contributed by atoms with van der Waals surface area (Å²) in [4.78, 5) is 3.38. The Kier molecular flexibility index (Phi) is 5.01. The maximum absolute atomic E-state index is 6.99. The molecule has 3 aromatic rings. The Balaban J connectivity index is 1.71. The van der Waals surface area contributed by atoms with Gasteiger partial charge < -0.3 is 9.47 Å². The summed E-state index contributed by atoms with van der Waals surface area (Å²) in [5.41, 5.74) is 4.05. The second kappa shape index (κ2) is 7.55. The van der Waals surface area contributed by atoms with Crippen molar-refractivity contribution in [1.29, 1.82) is 0 Å². The van der Waals surface area contributed by atoms with Crippen molar-refractivity contribution in [3.63, 3.8) is 0 Å². The van der Waals surface area contributed by atoms with E-state index in [0.29, 0.717) is 18.0 Å². The van der Waals surface area contributed by atoms with Gasteiger partial charge in [0.15, 0.2) is 5.69 Å². The van der Waals surface area contributed by atoms with Crippen molar-refractivity contribution in [3.8, 4) is 17.2 Å². The highest BCUT2D eigenvalue weighted by atomic mass is 16.5. The Labute approximate surface area is 148 Å². The molecule has 0 aromatic heterocycles. The Morgan fingerprint density at radius 3 is 2.12 bits per heavy atom. The SMILES string of the molecule is [C-]#[N+]c1ccc(Oc2ccc(C)c(COc3ccc(C)cc3)c2)cc1. The molecule has 0 aliphatic rings. The van der Waals surface area contributed by atoms with Crippen molar-refractivity contribution in [2.45, 2.75) is 20.5 Å². The molecule has 0 heterocycles. The van der Waals surface area contributed by atoms with Crippen molar-refractivity contribution in [3.05, 3.63) is 94.8 Å². The summed E-state index contributed by atoms with van der Waals surface area (Å²) in [5, 5.41) is 0. The molecule has 0 atom stereocenters. The Hall–Kier alpha value is -3.25. The zero-order valence-corrected chi connectivity index (χ0v) is 14.3. The molecule has 0 aliphatic heterocycles. The fourth-order valence-corrected chi connectivity index (χ4v) is 2.39. The summed E-state index contributed by atoms with van der Waals surface area (Å²) in [7, 11) is 0. The van der Waals surface area contributed by atoms with Gasteiger partial charge in [-0.2, -0.15) is 0 Å². The zero-order valence-electron chi connectivity index (χ0n) is 14.3. The minimum absolute atomic E-state index is 0.489. The average molecular weight is 329 g/mol. The monoisotopic (exact) mass is 329 g/mol. The van der Waals surface area contributed by atoms with E-state index in [9.17, 15) is 0 Å². The molecule has 3 nitrogen and oxygen atoms in total. The van der Waals surface area contributed by atoms with E-state index in [4.69, 9.17) is 16.0 Å². The summed E-state index contributed by atoms with van der Waals surface area (Å²) in [6.45, 7) is 11.6. The van der Waals surface area contributed by atoms with Gasteiger partial charge in [-0.25, -0.2) is 4.85 Å². The van der Waals surface area contributed by atoms with Gasteiger partial charge in [0.1, 0.15) is 23.9 Å². The number of rotatable bonds is 5. The normalized spacial score (nSPS) is 10.1. The summed E-state index contributed by atoms with van der Waals surface area (Å²) in [5.74, 6) is 2.32. The number of ether oxygens (including phenoxy) is 2. The van der Waals surface area contributed by atoms with Gasteiger partial charge in [0.2, 0.25) is 0 Å². The second-order valence-electron chi connectivity index (χ2n) is 5.90. The molecule has 3 aromatic carbocycles. The van der Waals surface area contributed by atoms with E-state index in [1.807, 2.05) is 42.5 Å². The summed E-state index contributed by atoms with van der Waals surface area (Å²) in [6, 6.07) is 21.1. The number of hydrogen-bond donors (Lipinski definition) is 0. The number of benzene rings is 3. The van der Waals surface area contributed by atoms with Crippen LogP contribution in [0.2, 0.25) is 0 Å². The first-order valence-corrected chi connectivity index (χ1v) is 8.08. The molecule has 0 unspecified atom stereocenters. The Morgan fingerprint density at radius 1 is 0.800 bits per heavy atom. The maximum atomic E-state index is 6.99. The highest BCUT2D eigenvalue weighted by molar-refractivity contribution is 5.48. The Bertz CT molecular complexity index is 891. The van der Waals surface area contributed by atoms with Crippen molar-refractivity contribution < 1.29 is 9.47 Å². The van der Waals surface area contributed by atoms with Gasteiger partial charge in [-0.05, 0) is 61.4 Å². The van der Waals surface area contributed by atoms with Gasteiger partial charge in [0.25, 0.3) is 0 Å². The third-order valence-electron chi connectivity index (χ3n) is 3.94. The first kappa shape index (κ1) is 16.6. The van der Waals surface area contributed by atoms with Gasteiger partial charge in [-0.15, -0.1) is 0 Å². The molecule has 0 spiro atoms. The van der Waals surface area contributed by atoms with Gasteiger partial charge in [0.05, 0.1) is 6.57 Å². The second-order valence-corrected chi connectivity index (χ2v) is 5.90. The summed E-state index contributed by atoms with van der Waals surface area (Å²) < 4.78 is 11.8. The predicted octanol–water partition coefficient (Wildman–Crippen LogP) is 6.23. The fourth-order valence-electron chi connectivity index (χ4n) is 2.39. The topological polar surface area (TPSA) is 22.8 Å². The molecule has 0 N–H and O–H groups in total. The molecular formula is C22H19NO2. The summed E-state index contributed by atoms with van der Waals surface area (Å²) in [6.07, 6.45) is 0. The van der Waals surface area contributed by atoms with Gasteiger partial charge in [-0.1, -0.05) is 35.9 Å². The van der Waals surface area contributed by atoms with Crippen LogP contribution in [0.15, 0.2) is 66.7 Å². The lowest BCUT2D eigenvalue weighted by molar-refractivity contribution is 0.304. The minimum Gasteiger partial charge on any atom is -0.489 e. The third-order valence-corrected chi connectivity index (χ3v) is 3.94. The molecule has 3 rings (SSSR count). The van der Waals surface area contributed by atoms with E-state index in [1.165, 1.54) is 5.56 Å². The molecule has 0 aliphatic carbocycles. The third kappa shape index (κ3) is 4.39. The molecule has 0 amide bonds. The predicted molar refractivity (Wildman–Crippen MR) is 99.5 cm³/mol. The maximum Gasteiger partial charge on any atom is 0.187 e. The molecule has 124 valence electrons. The van der Waals surface area contributed by atoms with E-state index in [-0.39, 0.29) is 0 Å². The largest absolute Gasteiger partial charge is 0.489 e. The molecule has 25 heavy (non-hydrogen) atoms. The van der Waals surface area contributed by atoms with Crippen molar-refractivity contribution in [1.82, 2.24) is 0 Å². The van der Waals surface area contributed by atoms with E-state index in [0.717, 1.165) is 22.6 Å². The van der Waals surface area contributed by atoms with Gasteiger partial charge >= 0.3 is 0 Å². The zero-order chi connectivity index (χ0) is 17.6. The first-order valence-electron chi connectivity index (χ1n) is 8.08. The minimum atomic E-state index is 0.489. The van der Waals surface area contributed by atoms with Crippen LogP contribution in [-0.4, -0.2) is 0 Å². The Morgan fingerprint density at radius 2 is 1.44 bits per heavy atom. The van der Waals surface area contributed by atoms with Crippen molar-refractivity contribution in [2.75, 3.05) is 0 Å². The molecular weight excluding hydrogens is 310 g/mol. The molecule has 0 radical (unpaired) electrons. The lowest BCUT2D eigenvalue weighted by Gasteiger charge is -2.12. The lowest BCUT2D eigenvalue weighted by Crippen LogP contribution is -1.98. The molecule has 0 saturated heterocycles. The van der Waals surface area contributed by atoms with Crippen LogP contribution >= 0.6 is 0 Å². The van der Waals surface area contributed by atoms with E-state index in [1.54, 1.807) is 24.3 Å². The molecule has 0 fully saturated rings. The number of aryl methyl sites for hydroxylation is 2. The van der Waals surface area contributed by atoms with Crippen LogP contribution in [0.1, 0.15) is 16.7 Å². The standard InChI is InChI=1S/C22H19NO2/c1-16-4-9-20(10-5-16)24-15-18-14-22(11-6-17(18)2)25-21-12-7-19(23-3)8-13-21/h4-14H,15H2,1-2H3. The molecule has 0 bridgehead atoms. The van der Waals surface area contributed by atoms with Crippen molar-refractivity contribution in [2.24, 2.45) is 0 Å². The van der Waals surface area contributed by atoms with Crippen LogP contribution in [0.5, 0.6) is 17.2 Å². The van der Waals surface area contributed by atoms with E-state index < -0.39 is 0 Å². The van der Waals surface area contributed by atoms with E-state index >= 15 is 0 Å². The van der Waals surface area contributed by atoms with Crippen LogP contribution in [0, 0.1) is 20.4 Å². The quantitative estimate of drug-likeness (QED) is 0.518. The molecule has 3 heteroatoms. The van der Waals surface area contributed by atoms with Crippen LogP contribution in [0.25, 0.3) is 4.85 Å². The summed E-state index contributed by atoms with van der Waals surface area (Å²) >= 11 is 0. The molecule has 0 saturated carbocycles. The van der Waals surface area contributed by atoms with E-state index in [2.05, 4.69) is 18.7 Å². The first-order chi connectivity index (χ1) is 12.1. The van der Waals surface area contributed by atoms with Crippen LogP contribution in [0.3, 0.4) is 0 Å². The fraction of sp³-hybridized carbons (Fsp3) is 0.136. The lowest BCUT2D eigenvalue weighted by atomic mass is 10.1. The van der Waals surface area contributed by atoms with Gasteiger partial charge in [0, 0.05) is 0 Å². The van der Waals surface area contributed by atoms with Crippen LogP contribution in [0.4, 0.5) is 5.69 Å². The van der Waals surface area contributed by atoms with Crippen molar-refractivity contribution >= 4 is 5.69 Å². The van der Waals surface area contributed by atoms with Gasteiger partial charge in [-0.3, -0.25) is 0 Å².